The third-order valence-corrected chi connectivity index (χ3v) is 3.08. The number of aliphatic hydroxyl groups is 1. The Kier molecular flexibility index (Phi) is 7.81. The minimum Gasteiger partial charge on any atom is -0.396 e. The Morgan fingerprint density at radius 1 is 1.25 bits per heavy atom. The molecule has 2 saturated heterocycles. The molecule has 3 heteroatoms. The van der Waals surface area contributed by atoms with Crippen molar-refractivity contribution >= 4 is 0 Å². The molecule has 2 heterocycles. The van der Waals surface area contributed by atoms with Gasteiger partial charge in [-0.05, 0) is 18.8 Å². The van der Waals surface area contributed by atoms with Gasteiger partial charge in [0.05, 0.1) is 25.9 Å². The lowest BCUT2D eigenvalue weighted by atomic mass is 9.99. The molecule has 2 aliphatic heterocycles. The Hall–Kier alpha value is -0.120. The topological polar surface area (TPSA) is 45.3 Å². The summed E-state index contributed by atoms with van der Waals surface area (Å²) in [6, 6.07) is 0. The summed E-state index contributed by atoms with van der Waals surface area (Å²) in [5.74, 6) is 0.539. The van der Waals surface area contributed by atoms with Gasteiger partial charge in [-0.25, -0.2) is 0 Å². The van der Waals surface area contributed by atoms with Gasteiger partial charge in [0, 0.05) is 6.61 Å². The van der Waals surface area contributed by atoms with Crippen molar-refractivity contribution in [3.05, 3.63) is 0 Å². The second kappa shape index (κ2) is 8.97. The zero-order valence-electron chi connectivity index (χ0n) is 10.5. The van der Waals surface area contributed by atoms with Crippen molar-refractivity contribution in [3.63, 3.8) is 0 Å². The third-order valence-electron chi connectivity index (χ3n) is 3.08. The fourth-order valence-electron chi connectivity index (χ4n) is 1.64. The highest BCUT2D eigenvalue weighted by molar-refractivity contribution is 4.68. The molecule has 96 valence electrons. The summed E-state index contributed by atoms with van der Waals surface area (Å²) < 4.78 is 9.64. The first-order chi connectivity index (χ1) is 7.86. The molecule has 2 aliphatic rings. The quantitative estimate of drug-likeness (QED) is 0.514. The van der Waals surface area contributed by atoms with Gasteiger partial charge in [0.25, 0.3) is 0 Å². The van der Waals surface area contributed by atoms with E-state index in [-0.39, 0.29) is 0 Å². The number of hydrogen-bond donors (Lipinski definition) is 1. The number of hydrogen-bond acceptors (Lipinski definition) is 3. The Morgan fingerprint density at radius 2 is 1.94 bits per heavy atom. The molecule has 2 fully saturated rings. The van der Waals surface area contributed by atoms with Gasteiger partial charge in [0.2, 0.25) is 0 Å². The number of ether oxygens (including phenoxy) is 2. The lowest BCUT2D eigenvalue weighted by Crippen LogP contribution is -2.03. The van der Waals surface area contributed by atoms with Crippen molar-refractivity contribution in [2.45, 2.75) is 51.6 Å². The lowest BCUT2D eigenvalue weighted by molar-refractivity contribution is 0.211. The van der Waals surface area contributed by atoms with Gasteiger partial charge >= 0.3 is 0 Å². The van der Waals surface area contributed by atoms with Gasteiger partial charge in [-0.15, -0.1) is 0 Å². The van der Waals surface area contributed by atoms with Crippen LogP contribution >= 0.6 is 0 Å². The van der Waals surface area contributed by atoms with Crippen LogP contribution in [0.4, 0.5) is 0 Å². The molecule has 0 amide bonds. The van der Waals surface area contributed by atoms with Crippen molar-refractivity contribution < 1.29 is 14.6 Å². The van der Waals surface area contributed by atoms with Crippen LogP contribution in [0.3, 0.4) is 0 Å². The lowest BCUT2D eigenvalue weighted by Gasteiger charge is -2.10. The van der Waals surface area contributed by atoms with Gasteiger partial charge in [0.15, 0.2) is 0 Å². The van der Waals surface area contributed by atoms with E-state index < -0.39 is 0 Å². The van der Waals surface area contributed by atoms with Gasteiger partial charge in [-0.1, -0.05) is 32.6 Å². The molecule has 0 aliphatic carbocycles. The summed E-state index contributed by atoms with van der Waals surface area (Å²) in [7, 11) is 0. The van der Waals surface area contributed by atoms with E-state index >= 15 is 0 Å². The van der Waals surface area contributed by atoms with Crippen molar-refractivity contribution in [1.82, 2.24) is 0 Å². The highest BCUT2D eigenvalue weighted by Gasteiger charge is 2.20. The van der Waals surface area contributed by atoms with Gasteiger partial charge in [0.1, 0.15) is 0 Å². The summed E-state index contributed by atoms with van der Waals surface area (Å²) in [5.41, 5.74) is 0. The van der Waals surface area contributed by atoms with Crippen molar-refractivity contribution in [2.24, 2.45) is 5.92 Å². The van der Waals surface area contributed by atoms with E-state index in [1.54, 1.807) is 0 Å². The van der Waals surface area contributed by atoms with Crippen molar-refractivity contribution in [2.75, 3.05) is 26.4 Å². The minimum absolute atomic E-state index is 0.363. The summed E-state index contributed by atoms with van der Waals surface area (Å²) >= 11 is 0. The highest BCUT2D eigenvalue weighted by atomic mass is 16.6. The normalized spacial score (nSPS) is 23.2. The van der Waals surface area contributed by atoms with Crippen LogP contribution in [0.15, 0.2) is 0 Å². The van der Waals surface area contributed by atoms with E-state index in [1.807, 2.05) is 0 Å². The van der Waals surface area contributed by atoms with Crippen molar-refractivity contribution in [1.29, 1.82) is 0 Å². The molecule has 0 aromatic carbocycles. The van der Waals surface area contributed by atoms with Gasteiger partial charge < -0.3 is 14.6 Å². The first-order valence-corrected chi connectivity index (χ1v) is 6.67. The van der Waals surface area contributed by atoms with Gasteiger partial charge in [-0.3, -0.25) is 0 Å². The average molecular weight is 230 g/mol. The van der Waals surface area contributed by atoms with E-state index in [0.717, 1.165) is 26.2 Å². The molecule has 2 atom stereocenters. The predicted octanol–water partition coefficient (Wildman–Crippen LogP) is 2.37. The second-order valence-corrected chi connectivity index (χ2v) is 4.66. The Balaban J connectivity index is 0.000000365. The van der Waals surface area contributed by atoms with Crippen LogP contribution in [0.25, 0.3) is 0 Å². The summed E-state index contributed by atoms with van der Waals surface area (Å²) in [4.78, 5) is 0. The van der Waals surface area contributed by atoms with Crippen LogP contribution in [0.2, 0.25) is 0 Å². The van der Waals surface area contributed by atoms with Gasteiger partial charge in [-0.2, -0.15) is 0 Å². The largest absolute Gasteiger partial charge is 0.396 e. The monoisotopic (exact) mass is 230 g/mol. The zero-order chi connectivity index (χ0) is 11.6. The average Bonchev–Trinajstić information content (AvgIpc) is 3.18. The van der Waals surface area contributed by atoms with E-state index in [1.165, 1.54) is 32.1 Å². The predicted molar refractivity (Wildman–Crippen MR) is 64.5 cm³/mol. The number of rotatable bonds is 8. The summed E-state index contributed by atoms with van der Waals surface area (Å²) in [6.07, 6.45) is 8.02. The van der Waals surface area contributed by atoms with E-state index in [9.17, 15) is 0 Å². The second-order valence-electron chi connectivity index (χ2n) is 4.66. The first kappa shape index (κ1) is 13.9. The molecular weight excluding hydrogens is 204 g/mol. The molecule has 0 radical (unpaired) electrons. The first-order valence-electron chi connectivity index (χ1n) is 6.67. The molecule has 0 aromatic heterocycles. The fraction of sp³-hybridized carbons (Fsp3) is 1.00. The standard InChI is InChI=1S/C11H22O2.C2H4O/c1-2-10(8-12)6-4-3-5-7-11-9-13-11;1-2-3-1/h10-12H,2-9H2,1H3;1-2H2. The summed E-state index contributed by atoms with van der Waals surface area (Å²) in [5, 5.41) is 8.96. The minimum atomic E-state index is 0.363. The van der Waals surface area contributed by atoms with E-state index in [0.29, 0.717) is 18.6 Å². The number of unbranched alkanes of at least 4 members (excludes halogenated alkanes) is 2. The Morgan fingerprint density at radius 3 is 2.38 bits per heavy atom. The smallest absolute Gasteiger partial charge is 0.0810 e. The SMILES string of the molecule is C1CO1.CCC(CO)CCCCCC1CO1. The summed E-state index contributed by atoms with van der Waals surface area (Å²) in [6.45, 7) is 5.51. The van der Waals surface area contributed by atoms with Crippen LogP contribution in [0, 0.1) is 5.92 Å². The number of epoxide rings is 2. The molecule has 16 heavy (non-hydrogen) atoms. The maximum atomic E-state index is 8.96. The molecule has 3 nitrogen and oxygen atoms in total. The van der Waals surface area contributed by atoms with Crippen LogP contribution in [0.5, 0.6) is 0 Å². The molecule has 0 spiro atoms. The number of aliphatic hydroxyl groups excluding tert-OH is 1. The molecule has 0 bridgehead atoms. The molecule has 1 N–H and O–H groups in total. The van der Waals surface area contributed by atoms with Crippen molar-refractivity contribution in [3.8, 4) is 0 Å². The zero-order valence-corrected chi connectivity index (χ0v) is 10.5. The van der Waals surface area contributed by atoms with E-state index in [4.69, 9.17) is 9.84 Å². The molecule has 2 rings (SSSR count). The molecule has 0 saturated carbocycles. The molecule has 0 aromatic rings. The van der Waals surface area contributed by atoms with Crippen LogP contribution in [-0.4, -0.2) is 37.6 Å². The third kappa shape index (κ3) is 9.13. The molecular formula is C13H26O3. The Bertz CT molecular complexity index is 149. The van der Waals surface area contributed by atoms with Crippen LogP contribution in [-0.2, 0) is 9.47 Å². The van der Waals surface area contributed by atoms with E-state index in [2.05, 4.69) is 11.7 Å². The Labute approximate surface area is 99.1 Å². The maximum Gasteiger partial charge on any atom is 0.0810 e. The maximum absolute atomic E-state index is 8.96. The van der Waals surface area contributed by atoms with Crippen LogP contribution in [0.1, 0.15) is 45.4 Å². The van der Waals surface area contributed by atoms with Crippen LogP contribution < -0.4 is 0 Å². The molecule has 2 unspecified atom stereocenters. The fourth-order valence-corrected chi connectivity index (χ4v) is 1.64. The highest BCUT2D eigenvalue weighted by Crippen LogP contribution is 2.19.